The first-order valence-corrected chi connectivity index (χ1v) is 5.47. The van der Waals surface area contributed by atoms with Gasteiger partial charge in [-0.15, -0.1) is 0 Å². The van der Waals surface area contributed by atoms with E-state index in [1.807, 2.05) is 6.07 Å². The molecule has 1 aromatic rings. The fraction of sp³-hybridized carbons (Fsp3) is 0.333. The van der Waals surface area contributed by atoms with E-state index in [0.29, 0.717) is 5.02 Å². The van der Waals surface area contributed by atoms with Crippen molar-refractivity contribution < 1.29 is 9.90 Å². The van der Waals surface area contributed by atoms with Gasteiger partial charge in [0.15, 0.2) is 0 Å². The van der Waals surface area contributed by atoms with Crippen molar-refractivity contribution in [3.63, 3.8) is 0 Å². The number of amides is 1. The highest BCUT2D eigenvalue weighted by atomic mass is 35.5. The van der Waals surface area contributed by atoms with E-state index in [-0.39, 0.29) is 29.7 Å². The van der Waals surface area contributed by atoms with Gasteiger partial charge in [0.05, 0.1) is 18.1 Å². The average molecular weight is 253 g/mol. The standard InChI is InChI=1S/C12H13ClN2O2/c1-8(5-6-14)15(2)12(17)10-7-9(13)3-4-11(10)16/h3-4,7-8,16H,5H2,1-2H3. The smallest absolute Gasteiger partial charge is 0.257 e. The summed E-state index contributed by atoms with van der Waals surface area (Å²) >= 11 is 5.77. The quantitative estimate of drug-likeness (QED) is 0.899. The van der Waals surface area contributed by atoms with Crippen molar-refractivity contribution in [3.05, 3.63) is 28.8 Å². The lowest BCUT2D eigenvalue weighted by Crippen LogP contribution is -2.34. The predicted molar refractivity (Wildman–Crippen MR) is 64.9 cm³/mol. The van der Waals surface area contributed by atoms with Gasteiger partial charge in [-0.05, 0) is 25.1 Å². The summed E-state index contributed by atoms with van der Waals surface area (Å²) in [6, 6.07) is 6.07. The Bertz CT molecular complexity index is 468. The average Bonchev–Trinajstić information content (AvgIpc) is 2.30. The molecule has 90 valence electrons. The second-order valence-corrected chi connectivity index (χ2v) is 4.23. The van der Waals surface area contributed by atoms with Gasteiger partial charge < -0.3 is 10.0 Å². The molecule has 0 heterocycles. The van der Waals surface area contributed by atoms with Crippen LogP contribution >= 0.6 is 11.6 Å². The number of phenols is 1. The zero-order valence-corrected chi connectivity index (χ0v) is 10.4. The molecule has 0 bridgehead atoms. The van der Waals surface area contributed by atoms with E-state index < -0.39 is 0 Å². The number of hydrogen-bond acceptors (Lipinski definition) is 3. The largest absolute Gasteiger partial charge is 0.507 e. The molecule has 1 aromatic carbocycles. The minimum absolute atomic E-state index is 0.115. The molecule has 0 saturated heterocycles. The highest BCUT2D eigenvalue weighted by Gasteiger charge is 2.20. The first kappa shape index (κ1) is 13.3. The third-order valence-electron chi connectivity index (χ3n) is 2.56. The van der Waals surface area contributed by atoms with Crippen LogP contribution < -0.4 is 0 Å². The van der Waals surface area contributed by atoms with Crippen LogP contribution in [0.4, 0.5) is 0 Å². The molecule has 4 nitrogen and oxygen atoms in total. The number of benzene rings is 1. The van der Waals surface area contributed by atoms with Crippen LogP contribution in [0.15, 0.2) is 18.2 Å². The van der Waals surface area contributed by atoms with Crippen molar-refractivity contribution in [2.45, 2.75) is 19.4 Å². The Kier molecular flexibility index (Phi) is 4.36. The van der Waals surface area contributed by atoms with Crippen molar-refractivity contribution in [3.8, 4) is 11.8 Å². The predicted octanol–water partition coefficient (Wildman–Crippen LogP) is 2.42. The van der Waals surface area contributed by atoms with Gasteiger partial charge in [-0.1, -0.05) is 11.6 Å². The Morgan fingerprint density at radius 1 is 1.65 bits per heavy atom. The Labute approximate surface area is 105 Å². The van der Waals surface area contributed by atoms with Crippen LogP contribution in [0.25, 0.3) is 0 Å². The number of nitriles is 1. The van der Waals surface area contributed by atoms with Crippen LogP contribution in [-0.2, 0) is 0 Å². The van der Waals surface area contributed by atoms with Crippen molar-refractivity contribution >= 4 is 17.5 Å². The van der Waals surface area contributed by atoms with Crippen LogP contribution in [0.3, 0.4) is 0 Å². The summed E-state index contributed by atoms with van der Waals surface area (Å²) in [5, 5.41) is 18.6. The van der Waals surface area contributed by atoms with Crippen LogP contribution in [0, 0.1) is 11.3 Å². The molecule has 1 amide bonds. The first-order valence-electron chi connectivity index (χ1n) is 5.10. The van der Waals surface area contributed by atoms with Gasteiger partial charge >= 0.3 is 0 Å². The van der Waals surface area contributed by atoms with Crippen molar-refractivity contribution in [2.24, 2.45) is 0 Å². The van der Waals surface area contributed by atoms with E-state index in [1.165, 1.54) is 23.1 Å². The summed E-state index contributed by atoms with van der Waals surface area (Å²) in [6.45, 7) is 1.77. The van der Waals surface area contributed by atoms with Crippen LogP contribution in [0.2, 0.25) is 5.02 Å². The number of carbonyl (C=O) groups is 1. The number of halogens is 1. The molecule has 0 aromatic heterocycles. The summed E-state index contributed by atoms with van der Waals surface area (Å²) in [5.41, 5.74) is 0.143. The van der Waals surface area contributed by atoms with Crippen LogP contribution in [-0.4, -0.2) is 29.0 Å². The van der Waals surface area contributed by atoms with E-state index in [2.05, 4.69) is 0 Å². The highest BCUT2D eigenvalue weighted by Crippen LogP contribution is 2.23. The minimum Gasteiger partial charge on any atom is -0.507 e. The molecular weight excluding hydrogens is 240 g/mol. The number of nitrogens with zero attached hydrogens (tertiary/aromatic N) is 2. The molecule has 17 heavy (non-hydrogen) atoms. The van der Waals surface area contributed by atoms with Crippen LogP contribution in [0.5, 0.6) is 5.75 Å². The Morgan fingerprint density at radius 3 is 2.88 bits per heavy atom. The second kappa shape index (κ2) is 5.55. The molecule has 0 radical (unpaired) electrons. The normalized spacial score (nSPS) is 11.6. The monoisotopic (exact) mass is 252 g/mol. The second-order valence-electron chi connectivity index (χ2n) is 3.79. The van der Waals surface area contributed by atoms with Crippen LogP contribution in [0.1, 0.15) is 23.7 Å². The van der Waals surface area contributed by atoms with Gasteiger partial charge in [0, 0.05) is 18.1 Å². The Balaban J connectivity index is 2.96. The zero-order chi connectivity index (χ0) is 13.0. The summed E-state index contributed by atoms with van der Waals surface area (Å²) < 4.78 is 0. The Hall–Kier alpha value is -1.73. The molecule has 5 heteroatoms. The number of carbonyl (C=O) groups excluding carboxylic acids is 1. The maximum Gasteiger partial charge on any atom is 0.257 e. The third-order valence-corrected chi connectivity index (χ3v) is 2.79. The fourth-order valence-corrected chi connectivity index (χ4v) is 1.51. The third kappa shape index (κ3) is 3.11. The maximum atomic E-state index is 12.0. The maximum absolute atomic E-state index is 12.0. The lowest BCUT2D eigenvalue weighted by Gasteiger charge is -2.23. The molecule has 0 aliphatic carbocycles. The molecule has 0 aliphatic heterocycles. The SMILES string of the molecule is CC(CC#N)N(C)C(=O)c1cc(Cl)ccc1O. The lowest BCUT2D eigenvalue weighted by atomic mass is 10.1. The highest BCUT2D eigenvalue weighted by molar-refractivity contribution is 6.31. The van der Waals surface area contributed by atoms with Gasteiger partial charge in [0.1, 0.15) is 5.75 Å². The van der Waals surface area contributed by atoms with E-state index in [4.69, 9.17) is 16.9 Å². The molecule has 0 spiro atoms. The van der Waals surface area contributed by atoms with Gasteiger partial charge in [0.2, 0.25) is 0 Å². The lowest BCUT2D eigenvalue weighted by molar-refractivity contribution is 0.0743. The van der Waals surface area contributed by atoms with E-state index in [9.17, 15) is 9.90 Å². The van der Waals surface area contributed by atoms with Gasteiger partial charge in [0.25, 0.3) is 5.91 Å². The number of aromatic hydroxyl groups is 1. The molecule has 1 rings (SSSR count). The number of phenolic OH excluding ortho intramolecular Hbond substituents is 1. The summed E-state index contributed by atoms with van der Waals surface area (Å²) in [5.74, 6) is -0.469. The van der Waals surface area contributed by atoms with E-state index in [0.717, 1.165) is 0 Å². The summed E-state index contributed by atoms with van der Waals surface area (Å²) in [6.07, 6.45) is 0.240. The molecule has 1 N–H and O–H groups in total. The van der Waals surface area contributed by atoms with Gasteiger partial charge in [-0.2, -0.15) is 5.26 Å². The van der Waals surface area contributed by atoms with Crippen molar-refractivity contribution in [1.82, 2.24) is 4.90 Å². The minimum atomic E-state index is -0.354. The van der Waals surface area contributed by atoms with Gasteiger partial charge in [-0.3, -0.25) is 4.79 Å². The molecule has 0 saturated carbocycles. The summed E-state index contributed by atoms with van der Waals surface area (Å²) in [7, 11) is 1.59. The van der Waals surface area contributed by atoms with Gasteiger partial charge in [-0.25, -0.2) is 0 Å². The number of rotatable bonds is 3. The molecule has 0 fully saturated rings. The molecular formula is C12H13ClN2O2. The topological polar surface area (TPSA) is 64.3 Å². The summed E-state index contributed by atoms with van der Waals surface area (Å²) in [4.78, 5) is 13.4. The van der Waals surface area contributed by atoms with E-state index >= 15 is 0 Å². The number of hydrogen-bond donors (Lipinski definition) is 1. The fourth-order valence-electron chi connectivity index (χ4n) is 1.34. The Morgan fingerprint density at radius 2 is 2.29 bits per heavy atom. The molecule has 1 atom stereocenters. The zero-order valence-electron chi connectivity index (χ0n) is 9.64. The first-order chi connectivity index (χ1) is 7.97. The molecule has 0 aliphatic rings. The van der Waals surface area contributed by atoms with E-state index in [1.54, 1.807) is 14.0 Å². The van der Waals surface area contributed by atoms with Crippen molar-refractivity contribution in [2.75, 3.05) is 7.05 Å². The molecule has 1 unspecified atom stereocenters. The van der Waals surface area contributed by atoms with Crippen molar-refractivity contribution in [1.29, 1.82) is 5.26 Å².